The molecule has 2 amide bonds. The van der Waals surface area contributed by atoms with E-state index in [2.05, 4.69) is 4.98 Å². The number of nitrogens with two attached hydrogens (primary N) is 1. The van der Waals surface area contributed by atoms with E-state index < -0.39 is 23.3 Å². The Hall–Kier alpha value is -3.09. The maximum atomic E-state index is 12.4. The fourth-order valence-corrected chi connectivity index (χ4v) is 1.85. The highest BCUT2D eigenvalue weighted by Gasteiger charge is 2.22. The minimum absolute atomic E-state index is 0.0942. The van der Waals surface area contributed by atoms with E-state index in [9.17, 15) is 19.5 Å². The number of pyridine rings is 1. The molecule has 0 spiro atoms. The molecule has 1 aromatic carbocycles. The number of H-pyrrole nitrogens is 1. The van der Waals surface area contributed by atoms with Crippen LogP contribution in [0.5, 0.6) is 5.88 Å². The minimum Gasteiger partial charge on any atom is -0.494 e. The zero-order chi connectivity index (χ0) is 15.6. The fraction of sp³-hybridized carbons (Fsp3) is 0.0714. The molecular weight excluding hydrogens is 274 g/mol. The highest BCUT2D eigenvalue weighted by molar-refractivity contribution is 6.20. The molecule has 2 rings (SSSR count). The summed E-state index contributed by atoms with van der Waals surface area (Å²) in [5, 5.41) is 9.34. The second-order valence-electron chi connectivity index (χ2n) is 4.37. The van der Waals surface area contributed by atoms with Gasteiger partial charge in [0.15, 0.2) is 5.88 Å². The monoisotopic (exact) mass is 287 g/mol. The van der Waals surface area contributed by atoms with Gasteiger partial charge in [0.2, 0.25) is 5.91 Å². The van der Waals surface area contributed by atoms with Gasteiger partial charge in [0, 0.05) is 24.7 Å². The number of hydrogen-bond acceptors (Lipinski definition) is 5. The second-order valence-corrected chi connectivity index (χ2v) is 4.37. The average Bonchev–Trinajstić information content (AvgIpc) is 2.39. The Balaban J connectivity index is 2.47. The van der Waals surface area contributed by atoms with E-state index in [0.29, 0.717) is 11.4 Å². The second kappa shape index (κ2) is 5.49. The van der Waals surface area contributed by atoms with Gasteiger partial charge in [-0.05, 0) is 24.3 Å². The molecule has 0 fully saturated rings. The molecule has 0 saturated carbocycles. The van der Waals surface area contributed by atoms with Crippen LogP contribution >= 0.6 is 0 Å². The first-order valence-corrected chi connectivity index (χ1v) is 6.02. The van der Waals surface area contributed by atoms with Crippen molar-refractivity contribution >= 4 is 23.2 Å². The van der Waals surface area contributed by atoms with Gasteiger partial charge in [-0.25, -0.2) is 4.90 Å². The van der Waals surface area contributed by atoms with Gasteiger partial charge in [-0.1, -0.05) is 0 Å². The van der Waals surface area contributed by atoms with E-state index in [-0.39, 0.29) is 5.56 Å². The summed E-state index contributed by atoms with van der Waals surface area (Å²) in [6.07, 6.45) is 0. The predicted octanol–water partition coefficient (Wildman–Crippen LogP) is 0.856. The molecule has 0 bridgehead atoms. The third kappa shape index (κ3) is 3.08. The number of aromatic hydroxyl groups is 1. The van der Waals surface area contributed by atoms with E-state index >= 15 is 0 Å². The molecule has 108 valence electrons. The van der Waals surface area contributed by atoms with E-state index in [1.165, 1.54) is 19.1 Å². The van der Waals surface area contributed by atoms with E-state index in [1.54, 1.807) is 12.1 Å². The number of aromatic amines is 1. The summed E-state index contributed by atoms with van der Waals surface area (Å²) >= 11 is 0. The molecule has 1 aromatic heterocycles. The molecule has 7 heteroatoms. The maximum absolute atomic E-state index is 12.4. The lowest BCUT2D eigenvalue weighted by atomic mass is 10.2. The molecule has 0 saturated heterocycles. The summed E-state index contributed by atoms with van der Waals surface area (Å²) in [7, 11) is 0. The first kappa shape index (κ1) is 14.3. The van der Waals surface area contributed by atoms with Crippen LogP contribution in [0, 0.1) is 0 Å². The summed E-state index contributed by atoms with van der Waals surface area (Å²) in [4.78, 5) is 38.4. The highest BCUT2D eigenvalue weighted by Crippen LogP contribution is 2.19. The van der Waals surface area contributed by atoms with Crippen LogP contribution in [0.2, 0.25) is 0 Å². The van der Waals surface area contributed by atoms with Crippen LogP contribution in [-0.2, 0) is 4.79 Å². The smallest absolute Gasteiger partial charge is 0.265 e. The van der Waals surface area contributed by atoms with E-state index in [0.717, 1.165) is 17.0 Å². The maximum Gasteiger partial charge on any atom is 0.265 e. The van der Waals surface area contributed by atoms with Crippen molar-refractivity contribution in [1.82, 2.24) is 4.98 Å². The molecule has 1 heterocycles. The first-order valence-electron chi connectivity index (χ1n) is 6.02. The SMILES string of the molecule is CC(=O)N(C(=O)c1cc(O)[nH]c(=O)c1)c1ccc(N)cc1. The van der Waals surface area contributed by atoms with Crippen LogP contribution in [0.25, 0.3) is 0 Å². The van der Waals surface area contributed by atoms with Crippen molar-refractivity contribution in [1.29, 1.82) is 0 Å². The lowest BCUT2D eigenvalue weighted by Gasteiger charge is -2.19. The van der Waals surface area contributed by atoms with Gasteiger partial charge in [-0.2, -0.15) is 0 Å². The number of nitrogens with zero attached hydrogens (tertiary/aromatic N) is 1. The minimum atomic E-state index is -0.714. The number of carbonyl (C=O) groups excluding carboxylic acids is 2. The van der Waals surface area contributed by atoms with Crippen molar-refractivity contribution in [2.45, 2.75) is 6.92 Å². The number of rotatable bonds is 2. The van der Waals surface area contributed by atoms with Gasteiger partial charge in [0.05, 0.1) is 11.3 Å². The molecule has 21 heavy (non-hydrogen) atoms. The van der Waals surface area contributed by atoms with E-state index in [4.69, 9.17) is 5.73 Å². The molecule has 4 N–H and O–H groups in total. The van der Waals surface area contributed by atoms with Crippen LogP contribution < -0.4 is 16.2 Å². The molecule has 0 unspecified atom stereocenters. The zero-order valence-corrected chi connectivity index (χ0v) is 11.2. The number of imide groups is 1. The van der Waals surface area contributed by atoms with E-state index in [1.807, 2.05) is 0 Å². The number of nitrogen functional groups attached to an aromatic ring is 1. The molecule has 7 nitrogen and oxygen atoms in total. The Morgan fingerprint density at radius 2 is 1.81 bits per heavy atom. The molecule has 2 aromatic rings. The standard InChI is InChI=1S/C14H13N3O4/c1-8(18)17(11-4-2-10(15)3-5-11)14(21)9-6-12(19)16-13(20)7-9/h2-7H,15H2,1H3,(H2,16,19,20). The summed E-state index contributed by atoms with van der Waals surface area (Å²) in [5.74, 6) is -1.69. The van der Waals surface area contributed by atoms with Crippen molar-refractivity contribution in [2.75, 3.05) is 10.6 Å². The fourth-order valence-electron chi connectivity index (χ4n) is 1.85. The Morgan fingerprint density at radius 3 is 2.33 bits per heavy atom. The van der Waals surface area contributed by atoms with Gasteiger partial charge >= 0.3 is 0 Å². The van der Waals surface area contributed by atoms with Crippen molar-refractivity contribution in [2.24, 2.45) is 0 Å². The number of aromatic nitrogens is 1. The lowest BCUT2D eigenvalue weighted by molar-refractivity contribution is -0.115. The van der Waals surface area contributed by atoms with Gasteiger partial charge in [0.1, 0.15) is 0 Å². The molecule has 0 aliphatic carbocycles. The number of nitrogens with one attached hydrogen (secondary N) is 1. The predicted molar refractivity (Wildman–Crippen MR) is 77.1 cm³/mol. The third-order valence-electron chi connectivity index (χ3n) is 2.75. The Labute approximate surface area is 119 Å². The molecule has 0 aliphatic heterocycles. The summed E-state index contributed by atoms with van der Waals surface area (Å²) < 4.78 is 0. The van der Waals surface area contributed by atoms with Gasteiger partial charge in [-0.3, -0.25) is 19.4 Å². The van der Waals surface area contributed by atoms with Crippen LogP contribution in [0.4, 0.5) is 11.4 Å². The first-order chi connectivity index (χ1) is 9.88. The number of hydrogen-bond donors (Lipinski definition) is 3. The summed E-state index contributed by atoms with van der Waals surface area (Å²) in [6, 6.07) is 8.22. The normalized spacial score (nSPS) is 10.1. The average molecular weight is 287 g/mol. The van der Waals surface area contributed by atoms with Crippen molar-refractivity contribution < 1.29 is 14.7 Å². The number of benzene rings is 1. The molecular formula is C14H13N3O4. The lowest BCUT2D eigenvalue weighted by Crippen LogP contribution is -2.35. The summed E-state index contributed by atoms with van der Waals surface area (Å²) in [5.41, 5.74) is 5.64. The summed E-state index contributed by atoms with van der Waals surface area (Å²) in [6.45, 7) is 1.22. The molecule has 0 radical (unpaired) electrons. The van der Waals surface area contributed by atoms with Crippen molar-refractivity contribution in [3.8, 4) is 5.88 Å². The van der Waals surface area contributed by atoms with Crippen LogP contribution in [0.1, 0.15) is 17.3 Å². The van der Waals surface area contributed by atoms with Crippen LogP contribution in [0.3, 0.4) is 0 Å². The number of anilines is 2. The van der Waals surface area contributed by atoms with Crippen molar-refractivity contribution in [3.63, 3.8) is 0 Å². The highest BCUT2D eigenvalue weighted by atomic mass is 16.3. The van der Waals surface area contributed by atoms with Gasteiger partial charge in [0.25, 0.3) is 11.5 Å². The molecule has 0 atom stereocenters. The number of amides is 2. The number of carbonyl (C=O) groups is 2. The van der Waals surface area contributed by atoms with Crippen LogP contribution in [0.15, 0.2) is 41.2 Å². The topological polar surface area (TPSA) is 116 Å². The van der Waals surface area contributed by atoms with Crippen LogP contribution in [-0.4, -0.2) is 21.9 Å². The Kier molecular flexibility index (Phi) is 3.75. The van der Waals surface area contributed by atoms with Crippen molar-refractivity contribution in [3.05, 3.63) is 52.3 Å². The zero-order valence-electron chi connectivity index (χ0n) is 11.2. The Bertz CT molecular complexity index is 750. The largest absolute Gasteiger partial charge is 0.494 e. The quantitative estimate of drug-likeness (QED) is 0.708. The Morgan fingerprint density at radius 1 is 1.19 bits per heavy atom. The van der Waals surface area contributed by atoms with Gasteiger partial charge < -0.3 is 10.8 Å². The van der Waals surface area contributed by atoms with Gasteiger partial charge in [-0.15, -0.1) is 0 Å². The molecule has 0 aliphatic rings. The third-order valence-corrected chi connectivity index (χ3v) is 2.75.